The van der Waals surface area contributed by atoms with Crippen LogP contribution in [0.25, 0.3) is 0 Å². The van der Waals surface area contributed by atoms with Crippen molar-refractivity contribution < 1.29 is 29.0 Å². The van der Waals surface area contributed by atoms with Crippen LogP contribution in [0.2, 0.25) is 0 Å². The van der Waals surface area contributed by atoms with Crippen molar-refractivity contribution in [2.45, 2.75) is 72.6 Å². The smallest absolute Gasteiger partial charge is 0.242 e. The summed E-state index contributed by atoms with van der Waals surface area (Å²) in [7, 11) is 3.33. The highest BCUT2D eigenvalue weighted by molar-refractivity contribution is 5.88. The summed E-state index contributed by atoms with van der Waals surface area (Å²) in [4.78, 5) is 33.6. The summed E-state index contributed by atoms with van der Waals surface area (Å²) < 4.78 is 9.73. The summed E-state index contributed by atoms with van der Waals surface area (Å²) in [6.07, 6.45) is 19.3. The molecule has 3 amide bonds. The van der Waals surface area contributed by atoms with E-state index in [9.17, 15) is 19.5 Å². The van der Waals surface area contributed by atoms with Gasteiger partial charge in [0.25, 0.3) is 0 Å². The molecule has 36 heavy (non-hydrogen) atoms. The Balaban J connectivity index is -0.000000128. The lowest BCUT2D eigenvalue weighted by atomic mass is 10.2. The first-order valence-corrected chi connectivity index (χ1v) is 11.2. The lowest BCUT2D eigenvalue weighted by molar-refractivity contribution is -0.137. The number of terminal acetylenes is 2. The average Bonchev–Trinajstić information content (AvgIpc) is 3.23. The number of hydrogen-bond acceptors (Lipinski definition) is 6. The molecule has 0 aromatic rings. The Morgan fingerprint density at radius 2 is 1.61 bits per heavy atom. The van der Waals surface area contributed by atoms with E-state index >= 15 is 0 Å². The number of carbonyl (C=O) groups is 3. The summed E-state index contributed by atoms with van der Waals surface area (Å²) in [5, 5.41) is 11.5. The van der Waals surface area contributed by atoms with Gasteiger partial charge in [-0.15, -0.1) is 25.7 Å². The fourth-order valence-corrected chi connectivity index (χ4v) is 1.91. The number of aliphatic hydroxyl groups is 1. The number of hydrogen-bond donors (Lipinski definition) is 3. The van der Waals surface area contributed by atoms with Crippen LogP contribution in [0, 0.1) is 31.6 Å². The lowest BCUT2D eigenvalue weighted by Crippen LogP contribution is -2.46. The zero-order chi connectivity index (χ0) is 29.9. The number of primary amides is 1. The molecule has 0 aromatic carbocycles. The number of carbonyl (C=O) groups excluding carboxylic acids is 3. The molecule has 0 spiro atoms. The van der Waals surface area contributed by atoms with Crippen molar-refractivity contribution in [3.05, 3.63) is 24.5 Å². The van der Waals surface area contributed by atoms with Crippen LogP contribution in [0.5, 0.6) is 0 Å². The highest BCUT2D eigenvalue weighted by Gasteiger charge is 2.37. The van der Waals surface area contributed by atoms with E-state index in [1.54, 1.807) is 20.3 Å². The molecule has 208 valence electrons. The van der Waals surface area contributed by atoms with E-state index in [0.717, 1.165) is 11.7 Å². The minimum absolute atomic E-state index is 0.0417. The van der Waals surface area contributed by atoms with E-state index in [1.807, 2.05) is 33.8 Å². The molecule has 2 atom stereocenters. The van der Waals surface area contributed by atoms with Crippen molar-refractivity contribution >= 4 is 18.2 Å². The number of likely N-dealkylation sites (tertiary alicyclic amines) is 1. The molecular formula is C27H49N3O6. The van der Waals surface area contributed by atoms with Gasteiger partial charge in [0, 0.05) is 20.1 Å². The van der Waals surface area contributed by atoms with Crippen molar-refractivity contribution in [2.75, 3.05) is 27.3 Å². The summed E-state index contributed by atoms with van der Waals surface area (Å²) >= 11 is 0. The van der Waals surface area contributed by atoms with Crippen LogP contribution < -0.4 is 11.1 Å². The van der Waals surface area contributed by atoms with E-state index in [4.69, 9.17) is 15.2 Å². The predicted octanol–water partition coefficient (Wildman–Crippen LogP) is 2.49. The van der Waals surface area contributed by atoms with E-state index in [1.165, 1.54) is 4.90 Å². The number of rotatable bonds is 6. The molecule has 0 saturated carbocycles. The summed E-state index contributed by atoms with van der Waals surface area (Å²) in [5.41, 5.74) is 5.12. The van der Waals surface area contributed by atoms with E-state index in [-0.39, 0.29) is 25.1 Å². The topological polar surface area (TPSA) is 131 Å². The molecule has 0 aromatic heterocycles. The molecule has 9 heteroatoms. The van der Waals surface area contributed by atoms with Crippen molar-refractivity contribution in [1.82, 2.24) is 10.2 Å². The second-order valence-corrected chi connectivity index (χ2v) is 8.50. The van der Waals surface area contributed by atoms with Crippen LogP contribution in [0.3, 0.4) is 0 Å². The third kappa shape index (κ3) is 30.7. The van der Waals surface area contributed by atoms with Gasteiger partial charge >= 0.3 is 0 Å². The SMILES string of the molecule is C#C.C#C.C=C/C(=C\C)OC.CC(C)C.COC(C)(C)C.NC(=O)[C@@H]1C[C@H](O)CN1C(=O)CNC=O. The molecule has 1 saturated heterocycles. The Labute approximate surface area is 219 Å². The number of nitrogens with one attached hydrogen (secondary N) is 1. The van der Waals surface area contributed by atoms with E-state index < -0.39 is 24.0 Å². The standard InChI is InChI=1S/C8H13N3O4.C6H10O.C5H12O.C4H10.2C2H2/c9-8(15)6-1-5(13)3-11(6)7(14)2-10-4-12;1-4-6(5-2)7-3;1-5(2,3)6-4;1-4(2)3;2*1-2/h4-6,13H,1-3H2,(H2,9,15)(H,10,12);4-5H,1H2,2-3H3;1-4H3;4H,1-3H3;2*1-2H/b;6-5+;;;;/t5-,6-;;;;;/m0...../s1. The fraction of sp³-hybridized carbons (Fsp3) is 0.593. The van der Waals surface area contributed by atoms with Crippen molar-refractivity contribution in [1.29, 1.82) is 0 Å². The number of aliphatic hydroxyl groups excluding tert-OH is 1. The number of methoxy groups -OCH3 is 2. The van der Waals surface area contributed by atoms with Crippen molar-refractivity contribution in [2.24, 2.45) is 11.7 Å². The minimum Gasteiger partial charge on any atom is -0.497 e. The summed E-state index contributed by atoms with van der Waals surface area (Å²) in [5.74, 6) is 0.577. The minimum atomic E-state index is -0.777. The molecule has 1 aliphatic heterocycles. The van der Waals surface area contributed by atoms with Gasteiger partial charge in [0.2, 0.25) is 18.2 Å². The molecule has 1 fully saturated rings. The molecule has 0 radical (unpaired) electrons. The molecule has 1 heterocycles. The maximum Gasteiger partial charge on any atom is 0.242 e. The number of β-amino-alcohol motifs (C(OH)–C–C–N with tert-alkyl or cyclic N) is 1. The van der Waals surface area contributed by atoms with Gasteiger partial charge in [0.15, 0.2) is 0 Å². The van der Waals surface area contributed by atoms with E-state index in [2.05, 4.69) is 58.4 Å². The van der Waals surface area contributed by atoms with Crippen LogP contribution in [0.4, 0.5) is 0 Å². The van der Waals surface area contributed by atoms with Gasteiger partial charge in [-0.3, -0.25) is 14.4 Å². The van der Waals surface area contributed by atoms with Crippen LogP contribution in [-0.4, -0.2) is 73.3 Å². The quantitative estimate of drug-likeness (QED) is 0.217. The van der Waals surface area contributed by atoms with Gasteiger partial charge in [-0.2, -0.15) is 0 Å². The zero-order valence-electron chi connectivity index (χ0n) is 23.6. The molecule has 1 rings (SSSR count). The van der Waals surface area contributed by atoms with Crippen LogP contribution in [-0.2, 0) is 23.9 Å². The first kappa shape index (κ1) is 42.9. The Kier molecular flexibility index (Phi) is 33.3. The molecule has 0 unspecified atom stereocenters. The van der Waals surface area contributed by atoms with Gasteiger partial charge in [0.05, 0.1) is 25.4 Å². The third-order valence-corrected chi connectivity index (χ3v) is 3.60. The lowest BCUT2D eigenvalue weighted by Gasteiger charge is -2.21. The van der Waals surface area contributed by atoms with Gasteiger partial charge in [-0.05, 0) is 45.8 Å². The first-order valence-electron chi connectivity index (χ1n) is 11.2. The third-order valence-electron chi connectivity index (χ3n) is 3.60. The first-order chi connectivity index (χ1) is 16.7. The summed E-state index contributed by atoms with van der Waals surface area (Å²) in [6.45, 7) is 17.9. The predicted molar refractivity (Wildman–Crippen MR) is 147 cm³/mol. The largest absolute Gasteiger partial charge is 0.497 e. The number of allylic oxidation sites excluding steroid dienone is 2. The zero-order valence-corrected chi connectivity index (χ0v) is 23.6. The van der Waals surface area contributed by atoms with Crippen molar-refractivity contribution in [3.8, 4) is 25.7 Å². The Hall–Kier alpha value is -3.27. The summed E-state index contributed by atoms with van der Waals surface area (Å²) in [6, 6.07) is -0.777. The Morgan fingerprint density at radius 1 is 1.19 bits per heavy atom. The van der Waals surface area contributed by atoms with Crippen molar-refractivity contribution in [3.63, 3.8) is 0 Å². The van der Waals surface area contributed by atoms with E-state index in [0.29, 0.717) is 6.41 Å². The Bertz CT molecular complexity index is 640. The van der Waals surface area contributed by atoms with Gasteiger partial charge in [-0.1, -0.05) is 27.4 Å². The highest BCUT2D eigenvalue weighted by Crippen LogP contribution is 2.17. The fourth-order valence-electron chi connectivity index (χ4n) is 1.91. The number of ether oxygens (including phenoxy) is 2. The average molecular weight is 512 g/mol. The normalized spacial score (nSPS) is 15.6. The molecule has 1 aliphatic rings. The number of amides is 3. The van der Waals surface area contributed by atoms with Gasteiger partial charge < -0.3 is 30.5 Å². The Morgan fingerprint density at radius 3 is 1.83 bits per heavy atom. The highest BCUT2D eigenvalue weighted by atomic mass is 16.5. The monoisotopic (exact) mass is 511 g/mol. The van der Waals surface area contributed by atoms with Crippen LogP contribution in [0.15, 0.2) is 24.5 Å². The maximum absolute atomic E-state index is 11.5. The molecule has 0 aliphatic carbocycles. The second kappa shape index (κ2) is 28.0. The number of nitrogens with zero attached hydrogens (tertiary/aromatic N) is 1. The number of nitrogens with two attached hydrogens (primary N) is 1. The van der Waals surface area contributed by atoms with Gasteiger partial charge in [-0.25, -0.2) is 0 Å². The molecule has 0 bridgehead atoms. The maximum atomic E-state index is 11.5. The molecule has 9 nitrogen and oxygen atoms in total. The second-order valence-electron chi connectivity index (χ2n) is 8.50. The van der Waals surface area contributed by atoms with Crippen LogP contribution in [0.1, 0.15) is 54.9 Å². The molecule has 4 N–H and O–H groups in total. The van der Waals surface area contributed by atoms with Gasteiger partial charge in [0.1, 0.15) is 11.8 Å². The molecular weight excluding hydrogens is 462 g/mol. The van der Waals surface area contributed by atoms with Crippen LogP contribution >= 0.6 is 0 Å².